The van der Waals surface area contributed by atoms with Gasteiger partial charge in [-0.3, -0.25) is 9.59 Å². The van der Waals surface area contributed by atoms with E-state index in [-0.39, 0.29) is 28.9 Å². The Labute approximate surface area is 127 Å². The fraction of sp³-hybridized carbons (Fsp3) is 0.400. The zero-order valence-electron chi connectivity index (χ0n) is 11.9. The fourth-order valence-electron chi connectivity index (χ4n) is 2.42. The molecule has 1 aliphatic heterocycles. The number of anilines is 1. The number of amides is 2. The highest BCUT2D eigenvalue weighted by molar-refractivity contribution is 7.99. The molecular formula is C15H17N3O2S. The van der Waals surface area contributed by atoms with Crippen molar-refractivity contribution in [3.8, 4) is 0 Å². The fourth-order valence-corrected chi connectivity index (χ4v) is 2.69. The SMILES string of the molecule is CSC(C)C(=O)Nc1ccc(C2=NNC(=O)C3CC23)cc1. The average Bonchev–Trinajstić information content (AvgIpc) is 3.29. The molecule has 0 saturated heterocycles. The van der Waals surface area contributed by atoms with Crippen LogP contribution in [-0.2, 0) is 9.59 Å². The third-order valence-electron chi connectivity index (χ3n) is 3.94. The van der Waals surface area contributed by atoms with Gasteiger partial charge < -0.3 is 5.32 Å². The van der Waals surface area contributed by atoms with Gasteiger partial charge in [0.1, 0.15) is 0 Å². The number of hydrogen-bond acceptors (Lipinski definition) is 4. The minimum Gasteiger partial charge on any atom is -0.325 e. The summed E-state index contributed by atoms with van der Waals surface area (Å²) in [5, 5.41) is 6.97. The van der Waals surface area contributed by atoms with Gasteiger partial charge in [0.15, 0.2) is 0 Å². The third-order valence-corrected chi connectivity index (χ3v) is 4.86. The monoisotopic (exact) mass is 303 g/mol. The van der Waals surface area contributed by atoms with Crippen molar-refractivity contribution in [2.24, 2.45) is 16.9 Å². The van der Waals surface area contributed by atoms with E-state index in [0.29, 0.717) is 0 Å². The van der Waals surface area contributed by atoms with E-state index in [4.69, 9.17) is 0 Å². The summed E-state index contributed by atoms with van der Waals surface area (Å²) in [6, 6.07) is 7.61. The van der Waals surface area contributed by atoms with E-state index >= 15 is 0 Å². The van der Waals surface area contributed by atoms with Gasteiger partial charge in [0.05, 0.1) is 11.0 Å². The topological polar surface area (TPSA) is 70.6 Å². The highest BCUT2D eigenvalue weighted by Crippen LogP contribution is 2.43. The van der Waals surface area contributed by atoms with Crippen molar-refractivity contribution in [1.29, 1.82) is 0 Å². The predicted molar refractivity (Wildman–Crippen MR) is 84.3 cm³/mol. The van der Waals surface area contributed by atoms with Gasteiger partial charge in [-0.05, 0) is 37.3 Å². The molecule has 2 aliphatic rings. The summed E-state index contributed by atoms with van der Waals surface area (Å²) in [6.07, 6.45) is 2.79. The van der Waals surface area contributed by atoms with Gasteiger partial charge in [-0.2, -0.15) is 16.9 Å². The minimum absolute atomic E-state index is 0.000206. The zero-order chi connectivity index (χ0) is 15.0. The van der Waals surface area contributed by atoms with E-state index in [1.807, 2.05) is 37.4 Å². The molecule has 2 amide bonds. The van der Waals surface area contributed by atoms with Gasteiger partial charge in [-0.25, -0.2) is 5.43 Å². The summed E-state index contributed by atoms with van der Waals surface area (Å²) >= 11 is 1.51. The molecule has 3 unspecified atom stereocenters. The van der Waals surface area contributed by atoms with E-state index in [9.17, 15) is 9.59 Å². The van der Waals surface area contributed by atoms with E-state index in [1.165, 1.54) is 11.8 Å². The van der Waals surface area contributed by atoms with Crippen molar-refractivity contribution >= 4 is 35.0 Å². The quantitative estimate of drug-likeness (QED) is 0.891. The predicted octanol–water partition coefficient (Wildman–Crippen LogP) is 1.85. The van der Waals surface area contributed by atoms with E-state index < -0.39 is 0 Å². The Bertz CT molecular complexity index is 612. The lowest BCUT2D eigenvalue weighted by molar-refractivity contribution is -0.122. The van der Waals surface area contributed by atoms with Crippen LogP contribution in [0.4, 0.5) is 5.69 Å². The lowest BCUT2D eigenvalue weighted by Gasteiger charge is -2.13. The number of hydrogen-bond donors (Lipinski definition) is 2. The summed E-state index contributed by atoms with van der Waals surface area (Å²) in [5.74, 6) is 0.383. The molecule has 6 heteroatoms. The number of rotatable bonds is 4. The van der Waals surface area contributed by atoms with E-state index in [0.717, 1.165) is 23.4 Å². The molecule has 0 aromatic heterocycles. The van der Waals surface area contributed by atoms with Gasteiger partial charge in [-0.1, -0.05) is 12.1 Å². The van der Waals surface area contributed by atoms with Gasteiger partial charge in [0.2, 0.25) is 11.8 Å². The first-order chi connectivity index (χ1) is 10.1. The molecule has 110 valence electrons. The maximum atomic E-state index is 11.8. The van der Waals surface area contributed by atoms with Crippen LogP contribution in [0, 0.1) is 11.8 Å². The number of hydrazone groups is 1. The van der Waals surface area contributed by atoms with Crippen LogP contribution in [-0.4, -0.2) is 29.0 Å². The summed E-state index contributed by atoms with van der Waals surface area (Å²) in [4.78, 5) is 23.2. The highest BCUT2D eigenvalue weighted by Gasteiger charge is 2.49. The lowest BCUT2D eigenvalue weighted by Crippen LogP contribution is -2.28. The van der Waals surface area contributed by atoms with Crippen molar-refractivity contribution < 1.29 is 9.59 Å². The van der Waals surface area contributed by atoms with Crippen LogP contribution in [0.5, 0.6) is 0 Å². The van der Waals surface area contributed by atoms with Crippen LogP contribution in [0.3, 0.4) is 0 Å². The molecule has 21 heavy (non-hydrogen) atoms. The van der Waals surface area contributed by atoms with E-state index in [2.05, 4.69) is 15.8 Å². The molecule has 1 aliphatic carbocycles. The van der Waals surface area contributed by atoms with Crippen molar-refractivity contribution in [3.63, 3.8) is 0 Å². The molecule has 0 spiro atoms. The smallest absolute Gasteiger partial charge is 0.243 e. The Hall–Kier alpha value is -1.82. The summed E-state index contributed by atoms with van der Waals surface area (Å²) in [7, 11) is 0. The maximum Gasteiger partial charge on any atom is 0.243 e. The number of carbonyl (C=O) groups is 2. The Balaban J connectivity index is 1.70. The average molecular weight is 303 g/mol. The van der Waals surface area contributed by atoms with E-state index in [1.54, 1.807) is 0 Å². The molecule has 1 fully saturated rings. The van der Waals surface area contributed by atoms with Crippen molar-refractivity contribution in [3.05, 3.63) is 29.8 Å². The molecule has 1 aromatic carbocycles. The van der Waals surface area contributed by atoms with Crippen molar-refractivity contribution in [1.82, 2.24) is 5.43 Å². The first-order valence-corrected chi connectivity index (χ1v) is 8.20. The zero-order valence-corrected chi connectivity index (χ0v) is 12.7. The van der Waals surface area contributed by atoms with Crippen LogP contribution in [0.1, 0.15) is 18.9 Å². The number of carbonyl (C=O) groups excluding carboxylic acids is 2. The summed E-state index contributed by atoms with van der Waals surface area (Å²) in [6.45, 7) is 1.88. The number of benzene rings is 1. The van der Waals surface area contributed by atoms with Crippen LogP contribution >= 0.6 is 11.8 Å². The molecule has 3 atom stereocenters. The standard InChI is InChI=1S/C15H17N3O2S/c1-8(21-2)14(19)16-10-5-3-9(4-6-10)13-11-7-12(11)15(20)18-17-13/h3-6,8,11-12H,7H2,1-2H3,(H,16,19)(H,18,20). The number of fused-ring (bicyclic) bond motifs is 1. The molecule has 1 saturated carbocycles. The van der Waals surface area contributed by atoms with Crippen molar-refractivity contribution in [2.45, 2.75) is 18.6 Å². The van der Waals surface area contributed by atoms with Crippen molar-refractivity contribution in [2.75, 3.05) is 11.6 Å². The van der Waals surface area contributed by atoms with Gasteiger partial charge >= 0.3 is 0 Å². The van der Waals surface area contributed by atoms with Gasteiger partial charge in [-0.15, -0.1) is 0 Å². The normalized spacial score (nSPS) is 24.5. The van der Waals surface area contributed by atoms with Crippen LogP contribution in [0.25, 0.3) is 0 Å². The van der Waals surface area contributed by atoms with Crippen LogP contribution in [0.15, 0.2) is 29.4 Å². The molecule has 5 nitrogen and oxygen atoms in total. The molecule has 3 rings (SSSR count). The molecule has 2 N–H and O–H groups in total. The maximum absolute atomic E-state index is 11.8. The minimum atomic E-state index is -0.0742. The second-order valence-corrected chi connectivity index (χ2v) is 6.54. The Morgan fingerprint density at radius 3 is 2.76 bits per heavy atom. The Kier molecular flexibility index (Phi) is 3.71. The molecule has 0 bridgehead atoms. The number of thioether (sulfide) groups is 1. The summed E-state index contributed by atoms with van der Waals surface area (Å²) < 4.78 is 0. The Morgan fingerprint density at radius 1 is 1.38 bits per heavy atom. The molecule has 0 radical (unpaired) electrons. The lowest BCUT2D eigenvalue weighted by atomic mass is 10.0. The van der Waals surface area contributed by atoms with Crippen LogP contribution < -0.4 is 10.7 Å². The van der Waals surface area contributed by atoms with Gasteiger partial charge in [0, 0.05) is 17.5 Å². The summed E-state index contributed by atoms with van der Waals surface area (Å²) in [5.41, 5.74) is 5.28. The first kappa shape index (κ1) is 14.1. The highest BCUT2D eigenvalue weighted by atomic mass is 32.2. The largest absolute Gasteiger partial charge is 0.325 e. The molecule has 1 heterocycles. The third kappa shape index (κ3) is 2.81. The second-order valence-electron chi connectivity index (χ2n) is 5.37. The second kappa shape index (κ2) is 5.52. The first-order valence-electron chi connectivity index (χ1n) is 6.91. The van der Waals surface area contributed by atoms with Crippen LogP contribution in [0.2, 0.25) is 0 Å². The Morgan fingerprint density at radius 2 is 2.10 bits per heavy atom. The number of nitrogens with zero attached hydrogens (tertiary/aromatic N) is 1. The molecule has 1 aromatic rings. The number of nitrogens with one attached hydrogen (secondary N) is 2. The van der Waals surface area contributed by atoms with Gasteiger partial charge in [0.25, 0.3) is 0 Å². The molecular weight excluding hydrogens is 286 g/mol.